The minimum atomic E-state index is -0.0186. The number of carbonyl (C=O) groups excluding carboxylic acids is 1. The number of thioether (sulfide) groups is 1. The quantitative estimate of drug-likeness (QED) is 0.793. The van der Waals surface area contributed by atoms with Crippen LogP contribution >= 0.6 is 11.8 Å². The van der Waals surface area contributed by atoms with E-state index in [1.807, 2.05) is 23.9 Å². The third kappa shape index (κ3) is 6.03. The van der Waals surface area contributed by atoms with Crippen molar-refractivity contribution in [2.75, 3.05) is 41.8 Å². The van der Waals surface area contributed by atoms with Crippen LogP contribution in [0.4, 0.5) is 11.6 Å². The summed E-state index contributed by atoms with van der Waals surface area (Å²) in [6, 6.07) is 9.87. The van der Waals surface area contributed by atoms with Crippen LogP contribution in [0.25, 0.3) is 0 Å². The normalized spacial score (nSPS) is 14.9. The van der Waals surface area contributed by atoms with Crippen LogP contribution in [0, 0.1) is 0 Å². The fraction of sp³-hybridized carbons (Fsp3) is 0.389. The summed E-state index contributed by atoms with van der Waals surface area (Å²) in [7, 11) is 0. The van der Waals surface area contributed by atoms with Gasteiger partial charge in [-0.25, -0.2) is 9.97 Å². The third-order valence-electron chi connectivity index (χ3n) is 3.92. The van der Waals surface area contributed by atoms with E-state index in [-0.39, 0.29) is 5.91 Å². The standard InChI is InChI=1S/C18H23N5OS/c24-17(5-8-21-18-19-6-2-7-20-18)22-16-4-1-3-15(13-16)14-23-9-11-25-12-10-23/h1-4,6-7,13H,5,8-12,14H2,(H,22,24)(H,19,20,21). The monoisotopic (exact) mass is 357 g/mol. The number of hydrogen-bond donors (Lipinski definition) is 2. The Morgan fingerprint density at radius 1 is 1.16 bits per heavy atom. The maximum absolute atomic E-state index is 12.1. The number of carbonyl (C=O) groups is 1. The van der Waals surface area contributed by atoms with Crippen molar-refractivity contribution in [2.24, 2.45) is 0 Å². The molecule has 3 rings (SSSR count). The Hall–Kier alpha value is -2.12. The van der Waals surface area contributed by atoms with E-state index in [0.717, 1.165) is 25.3 Å². The zero-order valence-electron chi connectivity index (χ0n) is 14.1. The van der Waals surface area contributed by atoms with Gasteiger partial charge in [0.05, 0.1) is 0 Å². The van der Waals surface area contributed by atoms with E-state index in [2.05, 4.69) is 37.6 Å². The van der Waals surface area contributed by atoms with Crippen LogP contribution in [0.3, 0.4) is 0 Å². The molecule has 1 aromatic heterocycles. The van der Waals surface area contributed by atoms with Gasteiger partial charge in [-0.3, -0.25) is 9.69 Å². The molecule has 0 bridgehead atoms. The summed E-state index contributed by atoms with van der Waals surface area (Å²) in [5.41, 5.74) is 2.09. The SMILES string of the molecule is O=C(CCNc1ncccn1)Nc1cccc(CN2CCSCC2)c1. The zero-order chi connectivity index (χ0) is 17.3. The number of amides is 1. The molecule has 0 unspecified atom stereocenters. The van der Waals surface area contributed by atoms with E-state index in [9.17, 15) is 4.79 Å². The highest BCUT2D eigenvalue weighted by atomic mass is 32.2. The smallest absolute Gasteiger partial charge is 0.226 e. The van der Waals surface area contributed by atoms with Crippen LogP contribution in [0.5, 0.6) is 0 Å². The van der Waals surface area contributed by atoms with Crippen molar-refractivity contribution in [3.8, 4) is 0 Å². The van der Waals surface area contributed by atoms with Gasteiger partial charge in [0.2, 0.25) is 11.9 Å². The minimum Gasteiger partial charge on any atom is -0.354 e. The van der Waals surface area contributed by atoms with Gasteiger partial charge in [-0.1, -0.05) is 12.1 Å². The van der Waals surface area contributed by atoms with Gasteiger partial charge >= 0.3 is 0 Å². The van der Waals surface area contributed by atoms with Crippen molar-refractivity contribution in [3.63, 3.8) is 0 Å². The molecule has 1 fully saturated rings. The molecule has 6 nitrogen and oxygen atoms in total. The van der Waals surface area contributed by atoms with E-state index in [1.54, 1.807) is 18.5 Å². The number of hydrogen-bond acceptors (Lipinski definition) is 6. The van der Waals surface area contributed by atoms with Gasteiger partial charge in [0.15, 0.2) is 0 Å². The van der Waals surface area contributed by atoms with Crippen LogP contribution in [0.1, 0.15) is 12.0 Å². The molecule has 2 N–H and O–H groups in total. The van der Waals surface area contributed by atoms with E-state index < -0.39 is 0 Å². The second-order valence-electron chi connectivity index (χ2n) is 5.89. The average Bonchev–Trinajstić information content (AvgIpc) is 2.64. The van der Waals surface area contributed by atoms with Crippen molar-refractivity contribution in [1.82, 2.24) is 14.9 Å². The highest BCUT2D eigenvalue weighted by Crippen LogP contribution is 2.16. The van der Waals surface area contributed by atoms with Gasteiger partial charge in [-0.15, -0.1) is 0 Å². The van der Waals surface area contributed by atoms with Crippen molar-refractivity contribution in [1.29, 1.82) is 0 Å². The first-order valence-electron chi connectivity index (χ1n) is 8.49. The molecule has 1 aliphatic rings. The van der Waals surface area contributed by atoms with Crippen LogP contribution in [-0.4, -0.2) is 51.9 Å². The first-order chi connectivity index (χ1) is 12.3. The van der Waals surface area contributed by atoms with E-state index in [4.69, 9.17) is 0 Å². The molecule has 2 heterocycles. The van der Waals surface area contributed by atoms with Crippen molar-refractivity contribution in [3.05, 3.63) is 48.3 Å². The largest absolute Gasteiger partial charge is 0.354 e. The lowest BCUT2D eigenvalue weighted by atomic mass is 10.2. The Morgan fingerprint density at radius 3 is 2.76 bits per heavy atom. The van der Waals surface area contributed by atoms with Gasteiger partial charge in [-0.2, -0.15) is 11.8 Å². The second-order valence-corrected chi connectivity index (χ2v) is 7.11. The molecule has 1 aliphatic heterocycles. The first kappa shape index (κ1) is 17.7. The van der Waals surface area contributed by atoms with Crippen LogP contribution in [0.2, 0.25) is 0 Å². The lowest BCUT2D eigenvalue weighted by molar-refractivity contribution is -0.115. The Morgan fingerprint density at radius 2 is 1.96 bits per heavy atom. The number of nitrogens with zero attached hydrogens (tertiary/aromatic N) is 3. The zero-order valence-corrected chi connectivity index (χ0v) is 15.0. The number of nitrogens with one attached hydrogen (secondary N) is 2. The van der Waals surface area contributed by atoms with Crippen LogP contribution in [0.15, 0.2) is 42.7 Å². The second kappa shape index (κ2) is 9.39. The molecule has 25 heavy (non-hydrogen) atoms. The van der Waals surface area contributed by atoms with E-state index in [0.29, 0.717) is 18.9 Å². The molecule has 1 saturated heterocycles. The molecular weight excluding hydrogens is 334 g/mol. The Bertz CT molecular complexity index is 676. The Balaban J connectivity index is 1.45. The van der Waals surface area contributed by atoms with Gasteiger partial charge in [0, 0.05) is 62.2 Å². The first-order valence-corrected chi connectivity index (χ1v) is 9.65. The molecule has 0 radical (unpaired) electrons. The fourth-order valence-corrected chi connectivity index (χ4v) is 3.65. The number of anilines is 2. The molecule has 0 atom stereocenters. The number of aromatic nitrogens is 2. The number of rotatable bonds is 7. The minimum absolute atomic E-state index is 0.0186. The summed E-state index contributed by atoms with van der Waals surface area (Å²) >= 11 is 2.01. The van der Waals surface area contributed by atoms with Gasteiger partial charge in [0.25, 0.3) is 0 Å². The molecular formula is C18H23N5OS. The van der Waals surface area contributed by atoms with E-state index >= 15 is 0 Å². The molecule has 1 aromatic carbocycles. The Labute approximate surface area is 152 Å². The van der Waals surface area contributed by atoms with Gasteiger partial charge in [-0.05, 0) is 23.8 Å². The van der Waals surface area contributed by atoms with Crippen molar-refractivity contribution >= 4 is 29.3 Å². The average molecular weight is 357 g/mol. The molecule has 0 saturated carbocycles. The molecule has 7 heteroatoms. The van der Waals surface area contributed by atoms with Gasteiger partial charge < -0.3 is 10.6 Å². The molecule has 0 spiro atoms. The summed E-state index contributed by atoms with van der Waals surface area (Å²) in [5, 5.41) is 6.00. The van der Waals surface area contributed by atoms with Crippen molar-refractivity contribution in [2.45, 2.75) is 13.0 Å². The van der Waals surface area contributed by atoms with Gasteiger partial charge in [0.1, 0.15) is 0 Å². The highest BCUT2D eigenvalue weighted by Gasteiger charge is 2.11. The topological polar surface area (TPSA) is 70.1 Å². The summed E-state index contributed by atoms with van der Waals surface area (Å²) < 4.78 is 0. The fourth-order valence-electron chi connectivity index (χ4n) is 2.67. The van der Waals surface area contributed by atoms with Crippen molar-refractivity contribution < 1.29 is 4.79 Å². The number of benzene rings is 1. The molecule has 2 aromatic rings. The van der Waals surface area contributed by atoms with Crippen LogP contribution < -0.4 is 10.6 Å². The lowest BCUT2D eigenvalue weighted by Crippen LogP contribution is -2.31. The lowest BCUT2D eigenvalue weighted by Gasteiger charge is -2.26. The summed E-state index contributed by atoms with van der Waals surface area (Å²) in [5.74, 6) is 2.93. The maximum Gasteiger partial charge on any atom is 0.226 e. The van der Waals surface area contributed by atoms with E-state index in [1.165, 1.54) is 17.1 Å². The predicted octanol–water partition coefficient (Wildman–Crippen LogP) is 2.47. The summed E-state index contributed by atoms with van der Waals surface area (Å²) in [6.07, 6.45) is 3.70. The third-order valence-corrected chi connectivity index (χ3v) is 4.86. The summed E-state index contributed by atoms with van der Waals surface area (Å²) in [6.45, 7) is 3.71. The van der Waals surface area contributed by atoms with Crippen LogP contribution in [-0.2, 0) is 11.3 Å². The highest BCUT2D eigenvalue weighted by molar-refractivity contribution is 7.99. The predicted molar refractivity (Wildman–Crippen MR) is 103 cm³/mol. The maximum atomic E-state index is 12.1. The summed E-state index contributed by atoms with van der Waals surface area (Å²) in [4.78, 5) is 22.7. The molecule has 0 aliphatic carbocycles. The Kier molecular flexibility index (Phi) is 6.64. The molecule has 132 valence electrons. The molecule has 1 amide bonds.